The van der Waals surface area contributed by atoms with Crippen LogP contribution in [0.15, 0.2) is 60.7 Å². The second-order valence-corrected chi connectivity index (χ2v) is 14.1. The topological polar surface area (TPSA) is 6.48 Å². The zero-order valence-electron chi connectivity index (χ0n) is 23.7. The highest BCUT2D eigenvalue weighted by molar-refractivity contribution is 5.43. The van der Waals surface area contributed by atoms with Gasteiger partial charge in [0.05, 0.1) is 0 Å². The van der Waals surface area contributed by atoms with Crippen molar-refractivity contribution in [3.8, 4) is 0 Å². The maximum absolute atomic E-state index is 2.84. The van der Waals surface area contributed by atoms with Gasteiger partial charge in [0.1, 0.15) is 0 Å². The van der Waals surface area contributed by atoms with Crippen molar-refractivity contribution in [1.82, 2.24) is 9.80 Å². The molecule has 2 aromatic carbocycles. The van der Waals surface area contributed by atoms with Crippen LogP contribution < -0.4 is 0 Å². The Kier molecular flexibility index (Phi) is 7.16. The van der Waals surface area contributed by atoms with Gasteiger partial charge in [-0.25, -0.2) is 0 Å². The van der Waals surface area contributed by atoms with Gasteiger partial charge in [-0.2, -0.15) is 0 Å². The predicted octanol–water partition coefficient (Wildman–Crippen LogP) is 7.92. The van der Waals surface area contributed by atoms with Crippen molar-refractivity contribution < 1.29 is 0 Å². The second-order valence-electron chi connectivity index (χ2n) is 14.1. The molecule has 6 fully saturated rings. The summed E-state index contributed by atoms with van der Waals surface area (Å²) in [5.41, 5.74) is 3.80. The molecule has 8 rings (SSSR count). The third kappa shape index (κ3) is 4.58. The lowest BCUT2D eigenvalue weighted by molar-refractivity contribution is -0.0933. The molecule has 2 aromatic rings. The van der Waals surface area contributed by atoms with Gasteiger partial charge in [-0.05, 0) is 105 Å². The fourth-order valence-corrected chi connectivity index (χ4v) is 10.8. The Morgan fingerprint density at radius 1 is 0.658 bits per heavy atom. The highest BCUT2D eigenvalue weighted by Gasteiger charge is 2.61. The van der Waals surface area contributed by atoms with Gasteiger partial charge < -0.3 is 4.90 Å². The number of hydrogen-bond donors (Lipinski definition) is 0. The molecule has 5 saturated carbocycles. The van der Waals surface area contributed by atoms with Crippen LogP contribution in [0, 0.1) is 23.2 Å². The van der Waals surface area contributed by atoms with Crippen molar-refractivity contribution in [3.63, 3.8) is 0 Å². The summed E-state index contributed by atoms with van der Waals surface area (Å²) in [5.74, 6) is 2.92. The van der Waals surface area contributed by atoms with Crippen molar-refractivity contribution in [1.29, 1.82) is 0 Å². The zero-order valence-corrected chi connectivity index (χ0v) is 23.7. The van der Waals surface area contributed by atoms with E-state index in [-0.39, 0.29) is 5.41 Å². The van der Waals surface area contributed by atoms with Crippen LogP contribution in [0.3, 0.4) is 0 Å². The average Bonchev–Trinajstić information content (AvgIpc) is 2.96. The molecular weight excluding hydrogens is 460 g/mol. The zero-order chi connectivity index (χ0) is 25.4. The molecule has 0 aromatic heterocycles. The summed E-state index contributed by atoms with van der Waals surface area (Å²) in [6.45, 7) is 6.41. The molecule has 1 heterocycles. The second kappa shape index (κ2) is 10.7. The molecule has 5 aliphatic carbocycles. The fourth-order valence-electron chi connectivity index (χ4n) is 10.8. The van der Waals surface area contributed by atoms with Gasteiger partial charge >= 0.3 is 0 Å². The normalized spacial score (nSPS) is 32.6. The summed E-state index contributed by atoms with van der Waals surface area (Å²) >= 11 is 0. The first-order valence-electron chi connectivity index (χ1n) is 16.3. The van der Waals surface area contributed by atoms with Crippen LogP contribution in [-0.4, -0.2) is 48.6 Å². The van der Waals surface area contributed by atoms with Gasteiger partial charge in [0, 0.05) is 37.6 Å². The molecule has 0 N–H and O–H groups in total. The van der Waals surface area contributed by atoms with E-state index >= 15 is 0 Å². The summed E-state index contributed by atoms with van der Waals surface area (Å²) in [4.78, 5) is 5.64. The van der Waals surface area contributed by atoms with Crippen molar-refractivity contribution in [3.05, 3.63) is 71.8 Å². The molecule has 2 nitrogen and oxygen atoms in total. The van der Waals surface area contributed by atoms with Crippen LogP contribution in [-0.2, 0) is 5.41 Å². The maximum Gasteiger partial charge on any atom is 0.0259 e. The van der Waals surface area contributed by atoms with Crippen LogP contribution in [0.25, 0.3) is 0 Å². The largest absolute Gasteiger partial charge is 0.301 e. The van der Waals surface area contributed by atoms with E-state index in [9.17, 15) is 0 Å². The SMILES string of the molecule is c1ccc(C(CCCN2CCN(C3CCCCC3)CC2)(c2ccccc2)C23CC4CC(CC(C4)C2)C3)cc1. The summed E-state index contributed by atoms with van der Waals surface area (Å²) in [5, 5.41) is 0. The Morgan fingerprint density at radius 3 is 1.71 bits per heavy atom. The van der Waals surface area contributed by atoms with Crippen LogP contribution in [0.1, 0.15) is 94.6 Å². The van der Waals surface area contributed by atoms with Crippen molar-refractivity contribution in [2.75, 3.05) is 32.7 Å². The third-order valence-electron chi connectivity index (χ3n) is 12.0. The molecule has 0 amide bonds. The van der Waals surface area contributed by atoms with Gasteiger partial charge in [-0.3, -0.25) is 4.90 Å². The Morgan fingerprint density at radius 2 is 1.18 bits per heavy atom. The Bertz CT molecular complexity index is 957. The summed E-state index contributed by atoms with van der Waals surface area (Å²) < 4.78 is 0. The Balaban J connectivity index is 1.14. The highest BCUT2D eigenvalue weighted by Crippen LogP contribution is 2.69. The number of piperazine rings is 1. The molecule has 38 heavy (non-hydrogen) atoms. The van der Waals surface area contributed by atoms with Crippen LogP contribution in [0.5, 0.6) is 0 Å². The van der Waals surface area contributed by atoms with Gasteiger partial charge in [0.2, 0.25) is 0 Å². The highest BCUT2D eigenvalue weighted by atomic mass is 15.3. The number of benzene rings is 2. The van der Waals surface area contributed by atoms with E-state index in [1.54, 1.807) is 11.1 Å². The summed E-state index contributed by atoms with van der Waals surface area (Å²) in [6, 6.07) is 24.6. The first-order chi connectivity index (χ1) is 18.7. The molecule has 1 aliphatic heterocycles. The van der Waals surface area contributed by atoms with Gasteiger partial charge in [0.25, 0.3) is 0 Å². The van der Waals surface area contributed by atoms with E-state index in [1.807, 2.05) is 0 Å². The molecule has 0 radical (unpaired) electrons. The number of hydrogen-bond acceptors (Lipinski definition) is 2. The van der Waals surface area contributed by atoms with Crippen LogP contribution >= 0.6 is 0 Å². The standard InChI is InChI=1S/C36H50N2/c1-4-11-32(12-5-1)36(33-13-6-2-7-14-33,35-26-29-23-30(27-35)25-31(24-29)28-35)17-10-18-37-19-21-38(22-20-37)34-15-8-3-9-16-34/h1-2,4-7,11-14,29-31,34H,3,8-10,15-28H2. The van der Waals surface area contributed by atoms with E-state index in [1.165, 1.54) is 116 Å². The van der Waals surface area contributed by atoms with Gasteiger partial charge in [-0.1, -0.05) is 79.9 Å². The molecule has 2 heteroatoms. The van der Waals surface area contributed by atoms with E-state index in [2.05, 4.69) is 70.5 Å². The molecule has 0 spiro atoms. The van der Waals surface area contributed by atoms with E-state index in [4.69, 9.17) is 0 Å². The first kappa shape index (κ1) is 25.3. The smallest absolute Gasteiger partial charge is 0.0259 e. The minimum Gasteiger partial charge on any atom is -0.301 e. The summed E-state index contributed by atoms with van der Waals surface area (Å²) in [7, 11) is 0. The van der Waals surface area contributed by atoms with Crippen molar-refractivity contribution in [2.45, 2.75) is 94.9 Å². The molecule has 0 unspecified atom stereocenters. The Labute approximate surface area is 232 Å². The van der Waals surface area contributed by atoms with E-state index < -0.39 is 0 Å². The molecule has 6 aliphatic rings. The maximum atomic E-state index is 2.84. The molecule has 1 saturated heterocycles. The third-order valence-corrected chi connectivity index (χ3v) is 12.0. The lowest BCUT2D eigenvalue weighted by Crippen LogP contribution is -2.57. The van der Waals surface area contributed by atoms with E-state index in [0.717, 1.165) is 23.8 Å². The molecular formula is C36H50N2. The van der Waals surface area contributed by atoms with Gasteiger partial charge in [-0.15, -0.1) is 0 Å². The number of nitrogens with zero attached hydrogens (tertiary/aromatic N) is 2. The van der Waals surface area contributed by atoms with Gasteiger partial charge in [0.15, 0.2) is 0 Å². The predicted molar refractivity (Wildman–Crippen MR) is 158 cm³/mol. The monoisotopic (exact) mass is 510 g/mol. The lowest BCUT2D eigenvalue weighted by Gasteiger charge is -2.64. The quantitative estimate of drug-likeness (QED) is 0.356. The molecule has 204 valence electrons. The first-order valence-corrected chi connectivity index (χ1v) is 16.3. The average molecular weight is 511 g/mol. The van der Waals surface area contributed by atoms with Crippen LogP contribution in [0.4, 0.5) is 0 Å². The van der Waals surface area contributed by atoms with Crippen LogP contribution in [0.2, 0.25) is 0 Å². The minimum atomic E-state index is 0.148. The number of rotatable bonds is 8. The van der Waals surface area contributed by atoms with Crippen molar-refractivity contribution in [2.24, 2.45) is 23.2 Å². The molecule has 0 atom stereocenters. The molecule has 4 bridgehead atoms. The lowest BCUT2D eigenvalue weighted by atomic mass is 9.40. The van der Waals surface area contributed by atoms with Crippen molar-refractivity contribution >= 4 is 0 Å². The fraction of sp³-hybridized carbons (Fsp3) is 0.667. The summed E-state index contributed by atoms with van der Waals surface area (Å²) in [6.07, 6.45) is 18.8. The minimum absolute atomic E-state index is 0.148. The van der Waals surface area contributed by atoms with E-state index in [0.29, 0.717) is 5.41 Å². The Hall–Kier alpha value is -1.64.